The van der Waals surface area contributed by atoms with Crippen molar-refractivity contribution in [2.45, 2.75) is 59.2 Å². The van der Waals surface area contributed by atoms with E-state index >= 15 is 0 Å². The minimum absolute atomic E-state index is 0.0256. The minimum atomic E-state index is -0.503. The number of aliphatic hydroxyl groups excluding tert-OH is 1. The maximum atomic E-state index is 13.0. The largest absolute Gasteiger partial charge is 0.393 e. The molecule has 2 bridgehead atoms. The Morgan fingerprint density at radius 1 is 1.21 bits per heavy atom. The lowest BCUT2D eigenvalue weighted by Gasteiger charge is -2.61. The quantitative estimate of drug-likeness (QED) is 0.593. The van der Waals surface area contributed by atoms with Crippen LogP contribution in [0, 0.1) is 22.7 Å². The normalized spacial score (nSPS) is 40.6. The lowest BCUT2D eigenvalue weighted by molar-refractivity contribution is -0.171. The van der Waals surface area contributed by atoms with Crippen molar-refractivity contribution in [1.29, 1.82) is 0 Å². The number of fused-ring (bicyclic) bond motifs is 1. The maximum absolute atomic E-state index is 13.0. The van der Waals surface area contributed by atoms with Crippen LogP contribution < -0.4 is 0 Å². The topological polar surface area (TPSA) is 63.6 Å². The van der Waals surface area contributed by atoms with E-state index in [9.17, 15) is 14.7 Å². The third kappa shape index (κ3) is 1.93. The zero-order valence-corrected chi connectivity index (χ0v) is 14.9. The van der Waals surface area contributed by atoms with Crippen molar-refractivity contribution in [3.8, 4) is 0 Å². The Labute approximate surface area is 143 Å². The van der Waals surface area contributed by atoms with Crippen LogP contribution in [-0.2, 0) is 14.3 Å². The van der Waals surface area contributed by atoms with Crippen molar-refractivity contribution in [2.24, 2.45) is 22.7 Å². The first kappa shape index (κ1) is 16.2. The molecule has 5 rings (SSSR count). The van der Waals surface area contributed by atoms with Crippen LogP contribution in [0.15, 0.2) is 22.8 Å². The standard InChI is InChI=1S/C20H26O4/c1-10(2)12-5-13-14-6-15-19(3,4)7-11(21)8-20(15,9-24-14)16(13)18(23)17(12)22/h5,10-11,14-15,21H,6-9H2,1-4H3/t11-,14-,15-,20+/m0/s1. The molecule has 1 N–H and O–H groups in total. The second-order valence-corrected chi connectivity index (χ2v) is 9.04. The molecule has 0 unspecified atom stereocenters. The van der Waals surface area contributed by atoms with Gasteiger partial charge in [0.2, 0.25) is 11.6 Å². The highest BCUT2D eigenvalue weighted by molar-refractivity contribution is 6.50. The second-order valence-electron chi connectivity index (χ2n) is 9.04. The molecular formula is C20H26O4. The molecule has 0 aromatic rings. The Bertz CT molecular complexity index is 696. The maximum Gasteiger partial charge on any atom is 0.230 e. The molecule has 130 valence electrons. The number of carbonyl (C=O) groups excluding carboxylic acids is 2. The molecule has 0 aromatic heterocycles. The molecule has 4 heteroatoms. The third-order valence-electron chi connectivity index (χ3n) is 6.73. The molecule has 0 amide bonds. The summed E-state index contributed by atoms with van der Waals surface area (Å²) in [6, 6.07) is 0. The van der Waals surface area contributed by atoms with Gasteiger partial charge in [-0.25, -0.2) is 0 Å². The van der Waals surface area contributed by atoms with Gasteiger partial charge in [0.25, 0.3) is 0 Å². The first-order valence-electron chi connectivity index (χ1n) is 9.02. The van der Waals surface area contributed by atoms with Crippen LogP contribution in [-0.4, -0.2) is 35.5 Å². The van der Waals surface area contributed by atoms with Crippen LogP contribution in [0.5, 0.6) is 0 Å². The SMILES string of the molecule is CC(C)C1=CC2=C(C(=O)C1=O)[C@]13CO[C@H]2C[C@H]1C(C)(C)C[C@H](O)C3. The van der Waals surface area contributed by atoms with Crippen LogP contribution >= 0.6 is 0 Å². The molecule has 2 fully saturated rings. The number of ketones is 2. The summed E-state index contributed by atoms with van der Waals surface area (Å²) >= 11 is 0. The van der Waals surface area contributed by atoms with E-state index in [4.69, 9.17) is 4.74 Å². The number of hydrogen-bond acceptors (Lipinski definition) is 4. The summed E-state index contributed by atoms with van der Waals surface area (Å²) in [7, 11) is 0. The summed E-state index contributed by atoms with van der Waals surface area (Å²) in [5, 5.41) is 10.5. The number of ether oxygens (including phenoxy) is 1. The molecular weight excluding hydrogens is 304 g/mol. The fraction of sp³-hybridized carbons (Fsp3) is 0.700. The Kier molecular flexibility index (Phi) is 3.30. The van der Waals surface area contributed by atoms with Crippen molar-refractivity contribution in [2.75, 3.05) is 6.61 Å². The van der Waals surface area contributed by atoms with Gasteiger partial charge in [-0.1, -0.05) is 27.7 Å². The summed E-state index contributed by atoms with van der Waals surface area (Å²) in [5.74, 6) is -0.407. The van der Waals surface area contributed by atoms with Crippen LogP contribution in [0.2, 0.25) is 0 Å². The first-order valence-corrected chi connectivity index (χ1v) is 9.02. The molecule has 0 aromatic carbocycles. The van der Waals surface area contributed by atoms with Crippen LogP contribution in [0.3, 0.4) is 0 Å². The average molecular weight is 330 g/mol. The van der Waals surface area contributed by atoms with Gasteiger partial charge in [-0.3, -0.25) is 9.59 Å². The summed E-state index contributed by atoms with van der Waals surface area (Å²) in [6.45, 7) is 8.68. The third-order valence-corrected chi connectivity index (χ3v) is 6.73. The van der Waals surface area contributed by atoms with E-state index in [1.165, 1.54) is 0 Å². The van der Waals surface area contributed by atoms with Crippen molar-refractivity contribution >= 4 is 11.6 Å². The van der Waals surface area contributed by atoms with Crippen molar-refractivity contribution < 1.29 is 19.4 Å². The Hall–Kier alpha value is -1.26. The summed E-state index contributed by atoms with van der Waals surface area (Å²) in [6.07, 6.45) is 3.51. The van der Waals surface area contributed by atoms with E-state index in [1.54, 1.807) is 0 Å². The number of aliphatic hydroxyl groups is 1. The molecule has 24 heavy (non-hydrogen) atoms. The first-order chi connectivity index (χ1) is 11.2. The molecule has 1 saturated heterocycles. The fourth-order valence-electron chi connectivity index (χ4n) is 5.81. The van der Waals surface area contributed by atoms with E-state index < -0.39 is 11.5 Å². The van der Waals surface area contributed by atoms with Crippen LogP contribution in [0.1, 0.15) is 47.0 Å². The molecule has 2 aliphatic heterocycles. The Balaban J connectivity index is 1.93. The molecule has 5 aliphatic rings. The van der Waals surface area contributed by atoms with E-state index in [-0.39, 0.29) is 34.9 Å². The summed E-state index contributed by atoms with van der Waals surface area (Å²) < 4.78 is 6.08. The highest BCUT2D eigenvalue weighted by atomic mass is 16.5. The number of allylic oxidation sites excluding steroid dienone is 1. The predicted molar refractivity (Wildman–Crippen MR) is 89.3 cm³/mol. The van der Waals surface area contributed by atoms with Gasteiger partial charge in [-0.2, -0.15) is 0 Å². The molecule has 2 heterocycles. The molecule has 3 aliphatic carbocycles. The molecule has 1 saturated carbocycles. The van der Waals surface area contributed by atoms with E-state index in [0.29, 0.717) is 24.2 Å². The van der Waals surface area contributed by atoms with E-state index in [0.717, 1.165) is 18.4 Å². The minimum Gasteiger partial charge on any atom is -0.393 e. The van der Waals surface area contributed by atoms with Gasteiger partial charge in [-0.15, -0.1) is 0 Å². The highest BCUT2D eigenvalue weighted by Gasteiger charge is 2.63. The Morgan fingerprint density at radius 2 is 1.92 bits per heavy atom. The summed E-state index contributed by atoms with van der Waals surface area (Å²) in [4.78, 5) is 25.7. The number of hydrogen-bond donors (Lipinski definition) is 1. The number of Topliss-reactive ketones (excluding diaryl/α,β-unsaturated/α-hetero) is 2. The lowest BCUT2D eigenvalue weighted by atomic mass is 9.46. The van der Waals surface area contributed by atoms with Gasteiger partial charge >= 0.3 is 0 Å². The highest BCUT2D eigenvalue weighted by Crippen LogP contribution is 2.63. The Morgan fingerprint density at radius 3 is 2.58 bits per heavy atom. The van der Waals surface area contributed by atoms with Crippen LogP contribution in [0.25, 0.3) is 0 Å². The predicted octanol–water partition coefficient (Wildman–Crippen LogP) is 2.60. The van der Waals surface area contributed by atoms with E-state index in [1.807, 2.05) is 19.9 Å². The van der Waals surface area contributed by atoms with Crippen molar-refractivity contribution in [1.82, 2.24) is 0 Å². The van der Waals surface area contributed by atoms with Gasteiger partial charge in [-0.05, 0) is 48.2 Å². The monoisotopic (exact) mass is 330 g/mol. The molecule has 1 spiro atoms. The molecule has 0 radical (unpaired) electrons. The van der Waals surface area contributed by atoms with Crippen molar-refractivity contribution in [3.63, 3.8) is 0 Å². The number of rotatable bonds is 1. The van der Waals surface area contributed by atoms with Gasteiger partial charge in [0.05, 0.1) is 18.8 Å². The van der Waals surface area contributed by atoms with Gasteiger partial charge < -0.3 is 9.84 Å². The fourth-order valence-corrected chi connectivity index (χ4v) is 5.81. The van der Waals surface area contributed by atoms with Gasteiger partial charge in [0.1, 0.15) is 0 Å². The molecule has 4 atom stereocenters. The average Bonchev–Trinajstić information content (AvgIpc) is 2.48. The lowest BCUT2D eigenvalue weighted by Crippen LogP contribution is -2.61. The summed E-state index contributed by atoms with van der Waals surface area (Å²) in [5.41, 5.74) is 1.60. The molecule has 4 nitrogen and oxygen atoms in total. The van der Waals surface area contributed by atoms with E-state index in [2.05, 4.69) is 13.8 Å². The van der Waals surface area contributed by atoms with Crippen LogP contribution in [0.4, 0.5) is 0 Å². The van der Waals surface area contributed by atoms with Crippen molar-refractivity contribution in [3.05, 3.63) is 22.8 Å². The van der Waals surface area contributed by atoms with Gasteiger partial charge in [0, 0.05) is 16.6 Å². The zero-order chi connectivity index (χ0) is 17.4. The van der Waals surface area contributed by atoms with Gasteiger partial charge in [0.15, 0.2) is 0 Å². The smallest absolute Gasteiger partial charge is 0.230 e. The zero-order valence-electron chi connectivity index (χ0n) is 14.9. The second kappa shape index (κ2) is 4.89. The number of carbonyl (C=O) groups is 2.